The molecule has 34 heavy (non-hydrogen) atoms. The molecule has 0 saturated heterocycles. The first-order chi connectivity index (χ1) is 16.5. The van der Waals surface area contributed by atoms with Crippen LogP contribution in [0.2, 0.25) is 0 Å². The van der Waals surface area contributed by atoms with Crippen LogP contribution < -0.4 is 10.0 Å². The van der Waals surface area contributed by atoms with Crippen LogP contribution in [0.4, 0.5) is 10.1 Å². The van der Waals surface area contributed by atoms with Crippen molar-refractivity contribution in [2.24, 2.45) is 0 Å². The van der Waals surface area contributed by atoms with Gasteiger partial charge in [0.1, 0.15) is 10.8 Å². The van der Waals surface area contributed by atoms with E-state index in [2.05, 4.69) is 16.1 Å². The number of aromatic nitrogens is 1. The number of carbonyl (C=O) groups is 1. The minimum atomic E-state index is -1.60. The van der Waals surface area contributed by atoms with Gasteiger partial charge in [-0.1, -0.05) is 30.3 Å². The Labute approximate surface area is 208 Å². The molecule has 3 aromatic rings. The summed E-state index contributed by atoms with van der Waals surface area (Å²) in [6.45, 7) is 0. The number of halogens is 1. The SMILES string of the molecule is COS(=O)Nc1ccc(C[C@H](NC(=O)Cc2cccc(F)c2)c2csc(C3=CCCS3)n2)cc1. The molecule has 0 fully saturated rings. The van der Waals surface area contributed by atoms with Gasteiger partial charge < -0.3 is 5.32 Å². The van der Waals surface area contributed by atoms with Gasteiger partial charge in [-0.05, 0) is 48.2 Å². The number of allylic oxidation sites excluding steroid dienone is 1. The third-order valence-corrected chi connectivity index (χ3v) is 7.97. The lowest BCUT2D eigenvalue weighted by atomic mass is 10.0. The number of benzene rings is 2. The van der Waals surface area contributed by atoms with Gasteiger partial charge in [-0.15, -0.1) is 23.1 Å². The summed E-state index contributed by atoms with van der Waals surface area (Å²) < 4.78 is 32.5. The zero-order valence-corrected chi connectivity index (χ0v) is 20.9. The van der Waals surface area contributed by atoms with Gasteiger partial charge in [-0.2, -0.15) is 0 Å². The van der Waals surface area contributed by atoms with Crippen molar-refractivity contribution in [3.63, 3.8) is 0 Å². The second-order valence-corrected chi connectivity index (χ2v) is 10.6. The third kappa shape index (κ3) is 6.75. The number of carbonyl (C=O) groups excluding carboxylic acids is 1. The molecular weight excluding hydrogens is 493 g/mol. The molecule has 10 heteroatoms. The van der Waals surface area contributed by atoms with Crippen LogP contribution >= 0.6 is 23.1 Å². The molecule has 0 saturated carbocycles. The van der Waals surface area contributed by atoms with Gasteiger partial charge in [-0.3, -0.25) is 13.7 Å². The predicted molar refractivity (Wildman–Crippen MR) is 137 cm³/mol. The molecule has 6 nitrogen and oxygen atoms in total. The first-order valence-corrected chi connectivity index (χ1v) is 13.6. The van der Waals surface area contributed by atoms with Gasteiger partial charge in [0.15, 0.2) is 0 Å². The number of nitrogens with one attached hydrogen (secondary N) is 2. The van der Waals surface area contributed by atoms with E-state index in [1.54, 1.807) is 35.2 Å². The van der Waals surface area contributed by atoms with Crippen LogP contribution in [-0.4, -0.2) is 28.0 Å². The van der Waals surface area contributed by atoms with E-state index in [-0.39, 0.29) is 24.2 Å². The largest absolute Gasteiger partial charge is 0.347 e. The summed E-state index contributed by atoms with van der Waals surface area (Å²) in [4.78, 5) is 18.8. The van der Waals surface area contributed by atoms with Crippen molar-refractivity contribution in [2.45, 2.75) is 25.3 Å². The number of nitrogens with zero attached hydrogens (tertiary/aromatic N) is 1. The second-order valence-electron chi connectivity index (χ2n) is 7.61. The molecule has 0 aliphatic carbocycles. The zero-order chi connectivity index (χ0) is 23.9. The van der Waals surface area contributed by atoms with Crippen molar-refractivity contribution in [1.82, 2.24) is 10.3 Å². The van der Waals surface area contributed by atoms with Gasteiger partial charge in [-0.25, -0.2) is 13.6 Å². The maximum Gasteiger partial charge on any atom is 0.261 e. The van der Waals surface area contributed by atoms with Gasteiger partial charge in [0.25, 0.3) is 11.3 Å². The van der Waals surface area contributed by atoms with Crippen LogP contribution in [0.3, 0.4) is 0 Å². The van der Waals surface area contributed by atoms with Crippen LogP contribution in [0.15, 0.2) is 60.0 Å². The van der Waals surface area contributed by atoms with Crippen LogP contribution in [0.5, 0.6) is 0 Å². The first kappa shape index (κ1) is 24.6. The Morgan fingerprint density at radius 1 is 1.24 bits per heavy atom. The number of hydrogen-bond donors (Lipinski definition) is 2. The fourth-order valence-electron chi connectivity index (χ4n) is 3.52. The van der Waals surface area contributed by atoms with E-state index < -0.39 is 11.3 Å². The molecule has 1 unspecified atom stereocenters. The summed E-state index contributed by atoms with van der Waals surface area (Å²) in [6.07, 6.45) is 3.84. The molecule has 0 radical (unpaired) electrons. The molecule has 2 atom stereocenters. The third-order valence-electron chi connectivity index (χ3n) is 5.13. The molecule has 2 N–H and O–H groups in total. The summed E-state index contributed by atoms with van der Waals surface area (Å²) in [5.74, 6) is 0.497. The molecule has 0 bridgehead atoms. The first-order valence-electron chi connectivity index (χ1n) is 10.6. The van der Waals surface area contributed by atoms with Gasteiger partial charge >= 0.3 is 0 Å². The lowest BCUT2D eigenvalue weighted by Crippen LogP contribution is -2.31. The molecule has 1 aliphatic rings. The summed E-state index contributed by atoms with van der Waals surface area (Å²) >= 11 is 1.76. The van der Waals surface area contributed by atoms with E-state index in [1.807, 2.05) is 29.6 Å². The van der Waals surface area contributed by atoms with E-state index in [0.29, 0.717) is 17.7 Å². The smallest absolute Gasteiger partial charge is 0.261 e. The minimum Gasteiger partial charge on any atom is -0.347 e. The Morgan fingerprint density at radius 3 is 2.76 bits per heavy atom. The summed E-state index contributed by atoms with van der Waals surface area (Å²) in [7, 11) is 1.36. The number of anilines is 1. The van der Waals surface area contributed by atoms with E-state index in [0.717, 1.165) is 28.4 Å². The summed E-state index contributed by atoms with van der Waals surface area (Å²) in [6, 6.07) is 13.2. The highest BCUT2D eigenvalue weighted by Crippen LogP contribution is 2.36. The predicted octanol–water partition coefficient (Wildman–Crippen LogP) is 5.04. The van der Waals surface area contributed by atoms with Crippen molar-refractivity contribution >= 4 is 50.9 Å². The highest BCUT2D eigenvalue weighted by Gasteiger charge is 2.21. The lowest BCUT2D eigenvalue weighted by Gasteiger charge is -2.18. The fourth-order valence-corrected chi connectivity index (χ4v) is 5.92. The standard InChI is InChI=1S/C24H24FN3O3S3/c1-31-34(30)28-19-9-7-16(8-10-19)13-20(21-15-33-24(27-21)22-6-3-11-32-22)26-23(29)14-17-4-2-5-18(25)12-17/h2,4-10,12,15,20,28H,3,11,13-14H2,1H3,(H,26,29)/t20-,34?/m0/s1. The molecule has 1 amide bonds. The van der Waals surface area contributed by atoms with Gasteiger partial charge in [0.2, 0.25) is 5.91 Å². The minimum absolute atomic E-state index is 0.0813. The average molecular weight is 518 g/mol. The van der Waals surface area contributed by atoms with Crippen molar-refractivity contribution in [2.75, 3.05) is 17.6 Å². The molecule has 2 aromatic carbocycles. The molecule has 4 rings (SSSR count). The van der Waals surface area contributed by atoms with Crippen LogP contribution in [0.25, 0.3) is 4.91 Å². The Kier molecular flexibility index (Phi) is 8.49. The van der Waals surface area contributed by atoms with Crippen molar-refractivity contribution in [3.05, 3.63) is 87.6 Å². The van der Waals surface area contributed by atoms with E-state index in [4.69, 9.17) is 9.17 Å². The molecule has 1 aliphatic heterocycles. The van der Waals surface area contributed by atoms with Crippen molar-refractivity contribution in [1.29, 1.82) is 0 Å². The molecule has 2 heterocycles. The topological polar surface area (TPSA) is 80.3 Å². The molecule has 178 valence electrons. The van der Waals surface area contributed by atoms with E-state index >= 15 is 0 Å². The highest BCUT2D eigenvalue weighted by molar-refractivity contribution is 8.08. The average Bonchev–Trinajstić information content (AvgIpc) is 3.52. The number of thiazole rings is 1. The Hall–Kier alpha value is -2.53. The maximum atomic E-state index is 13.5. The van der Waals surface area contributed by atoms with Gasteiger partial charge in [0.05, 0.1) is 25.3 Å². The molecule has 1 aromatic heterocycles. The fraction of sp³-hybridized carbons (Fsp3) is 0.250. The van der Waals surface area contributed by atoms with Crippen LogP contribution in [-0.2, 0) is 33.1 Å². The number of rotatable bonds is 10. The monoisotopic (exact) mass is 517 g/mol. The maximum absolute atomic E-state index is 13.5. The molecular formula is C24H24FN3O3S3. The zero-order valence-electron chi connectivity index (χ0n) is 18.5. The quantitative estimate of drug-likeness (QED) is 0.394. The number of thioether (sulfide) groups is 1. The Bertz CT molecular complexity index is 1200. The van der Waals surface area contributed by atoms with E-state index in [9.17, 15) is 13.4 Å². The number of hydrogen-bond acceptors (Lipinski definition) is 6. The van der Waals surface area contributed by atoms with Crippen molar-refractivity contribution in [3.8, 4) is 0 Å². The summed E-state index contributed by atoms with van der Waals surface area (Å²) in [5.41, 5.74) is 3.05. The Morgan fingerprint density at radius 2 is 2.06 bits per heavy atom. The van der Waals surface area contributed by atoms with Crippen molar-refractivity contribution < 1.29 is 17.6 Å². The second kappa shape index (κ2) is 11.7. The Balaban J connectivity index is 1.51. The summed E-state index contributed by atoms with van der Waals surface area (Å²) in [5, 5.41) is 6.03. The van der Waals surface area contributed by atoms with Gasteiger partial charge in [0, 0.05) is 21.7 Å². The number of amides is 1. The van der Waals surface area contributed by atoms with Crippen LogP contribution in [0.1, 0.15) is 34.3 Å². The van der Waals surface area contributed by atoms with Crippen LogP contribution in [0, 0.1) is 5.82 Å². The normalized spacial score (nSPS) is 14.9. The highest BCUT2D eigenvalue weighted by atomic mass is 32.2. The molecule has 0 spiro atoms. The van der Waals surface area contributed by atoms with E-state index in [1.165, 1.54) is 24.1 Å². The lowest BCUT2D eigenvalue weighted by molar-refractivity contribution is -0.121.